The van der Waals surface area contributed by atoms with E-state index in [1.807, 2.05) is 17.3 Å². The highest BCUT2D eigenvalue weighted by Crippen LogP contribution is 2.33. The van der Waals surface area contributed by atoms with Crippen molar-refractivity contribution in [3.05, 3.63) is 66.1 Å². The summed E-state index contributed by atoms with van der Waals surface area (Å²) in [7, 11) is 2.15. The maximum Gasteiger partial charge on any atom is 0.317 e. The highest BCUT2D eigenvalue weighted by molar-refractivity contribution is 5.81. The van der Waals surface area contributed by atoms with Gasteiger partial charge in [-0.3, -0.25) is 15.3 Å². The zero-order valence-electron chi connectivity index (χ0n) is 20.4. The molecule has 0 radical (unpaired) electrons. The number of aromatic nitrogens is 2. The lowest BCUT2D eigenvalue weighted by Crippen LogP contribution is -2.55. The number of amides is 2. The Morgan fingerprint density at radius 3 is 2.80 bits per heavy atom. The SMILES string of the molecule is Cn1c(CN2CCC[C@@H](NC(=O)N3CCC4NNC(c5ccncc5)C4C3)C2)cc2ccccc21. The lowest BCUT2D eigenvalue weighted by atomic mass is 9.85. The number of para-hydroxylation sites is 1. The van der Waals surface area contributed by atoms with Gasteiger partial charge >= 0.3 is 6.03 Å². The second-order valence-electron chi connectivity index (χ2n) is 10.3. The lowest BCUT2D eigenvalue weighted by molar-refractivity contribution is 0.138. The topological polar surface area (TPSA) is 77.5 Å². The highest BCUT2D eigenvalue weighted by atomic mass is 16.2. The Labute approximate surface area is 206 Å². The summed E-state index contributed by atoms with van der Waals surface area (Å²) in [5, 5.41) is 4.66. The number of hydrogen-bond donors (Lipinski definition) is 3. The minimum absolute atomic E-state index is 0.0836. The Bertz CT molecular complexity index is 1180. The Balaban J connectivity index is 1.07. The predicted octanol–water partition coefficient (Wildman–Crippen LogP) is 2.79. The molecule has 3 aliphatic rings. The van der Waals surface area contributed by atoms with Crippen LogP contribution in [-0.4, -0.2) is 63.6 Å². The van der Waals surface area contributed by atoms with Gasteiger partial charge in [-0.15, -0.1) is 0 Å². The van der Waals surface area contributed by atoms with Crippen molar-refractivity contribution in [2.45, 2.75) is 43.9 Å². The Kier molecular flexibility index (Phi) is 6.18. The average Bonchev–Trinajstić information content (AvgIpc) is 3.45. The predicted molar refractivity (Wildman–Crippen MR) is 136 cm³/mol. The van der Waals surface area contributed by atoms with Crippen molar-refractivity contribution in [3.8, 4) is 0 Å². The molecule has 5 heterocycles. The number of nitrogens with zero attached hydrogens (tertiary/aromatic N) is 4. The van der Waals surface area contributed by atoms with Crippen molar-refractivity contribution in [2.24, 2.45) is 13.0 Å². The third-order valence-corrected chi connectivity index (χ3v) is 8.13. The molecule has 35 heavy (non-hydrogen) atoms. The van der Waals surface area contributed by atoms with Gasteiger partial charge in [-0.2, -0.15) is 0 Å². The van der Waals surface area contributed by atoms with E-state index in [-0.39, 0.29) is 18.1 Å². The average molecular weight is 474 g/mol. The first kappa shape index (κ1) is 22.5. The van der Waals surface area contributed by atoms with E-state index in [2.05, 4.69) is 80.1 Å². The standard InChI is InChI=1S/C27H35N7O/c1-32-22(15-20-5-2-3-7-25(20)32)17-33-13-4-6-21(16-33)29-27(35)34-14-10-24-23(18-34)26(31-30-24)19-8-11-28-12-9-19/h2-3,5,7-9,11-12,15,21,23-24,26,30-31H,4,6,10,13-14,16-18H2,1H3,(H,29,35)/t21-,23?,24?,26?/m1/s1. The number of nitrogens with one attached hydrogen (secondary N) is 3. The fraction of sp³-hybridized carbons (Fsp3) is 0.481. The summed E-state index contributed by atoms with van der Waals surface area (Å²) >= 11 is 0. The minimum Gasteiger partial charge on any atom is -0.346 e. The number of likely N-dealkylation sites (tertiary alicyclic amines) is 2. The number of hydrazine groups is 1. The van der Waals surface area contributed by atoms with E-state index in [1.54, 1.807) is 0 Å². The van der Waals surface area contributed by atoms with Crippen LogP contribution in [0.2, 0.25) is 0 Å². The van der Waals surface area contributed by atoms with Crippen LogP contribution in [0.1, 0.15) is 36.6 Å². The van der Waals surface area contributed by atoms with Gasteiger partial charge in [0.1, 0.15) is 0 Å². The van der Waals surface area contributed by atoms with E-state index in [9.17, 15) is 4.79 Å². The first-order valence-corrected chi connectivity index (χ1v) is 12.9. The largest absolute Gasteiger partial charge is 0.346 e. The molecule has 3 N–H and O–H groups in total. The molecular formula is C27H35N7O. The third kappa shape index (κ3) is 4.53. The molecule has 0 saturated carbocycles. The van der Waals surface area contributed by atoms with Gasteiger partial charge in [0.2, 0.25) is 0 Å². The van der Waals surface area contributed by atoms with Crippen molar-refractivity contribution in [1.82, 2.24) is 35.5 Å². The Morgan fingerprint density at radius 1 is 1.09 bits per heavy atom. The molecule has 8 heteroatoms. The summed E-state index contributed by atoms with van der Waals surface area (Å²) in [6, 6.07) is 15.8. The molecule has 3 unspecified atom stereocenters. The third-order valence-electron chi connectivity index (χ3n) is 8.13. The quantitative estimate of drug-likeness (QED) is 0.543. The lowest BCUT2D eigenvalue weighted by Gasteiger charge is -2.38. The number of pyridine rings is 1. The van der Waals surface area contributed by atoms with Gasteiger partial charge in [-0.1, -0.05) is 18.2 Å². The van der Waals surface area contributed by atoms with Gasteiger partial charge in [-0.05, 0) is 61.0 Å². The zero-order chi connectivity index (χ0) is 23.8. The number of piperidine rings is 2. The summed E-state index contributed by atoms with van der Waals surface area (Å²) in [4.78, 5) is 21.9. The number of urea groups is 1. The monoisotopic (exact) mass is 473 g/mol. The van der Waals surface area contributed by atoms with Crippen molar-refractivity contribution in [1.29, 1.82) is 0 Å². The molecule has 2 amide bonds. The highest BCUT2D eigenvalue weighted by Gasteiger charge is 2.41. The van der Waals surface area contributed by atoms with Gasteiger partial charge in [0, 0.05) is 74.8 Å². The fourth-order valence-corrected chi connectivity index (χ4v) is 6.20. The van der Waals surface area contributed by atoms with Gasteiger partial charge in [0.05, 0.1) is 6.04 Å². The van der Waals surface area contributed by atoms with Crippen LogP contribution in [0.25, 0.3) is 10.9 Å². The number of carbonyl (C=O) groups excluding carboxylic acids is 1. The first-order chi connectivity index (χ1) is 17.2. The second kappa shape index (κ2) is 9.60. The van der Waals surface area contributed by atoms with Crippen LogP contribution in [0.5, 0.6) is 0 Å². The number of hydrogen-bond acceptors (Lipinski definition) is 5. The molecule has 4 atom stereocenters. The van der Waals surface area contributed by atoms with Crippen LogP contribution in [0.15, 0.2) is 54.9 Å². The fourth-order valence-electron chi connectivity index (χ4n) is 6.20. The van der Waals surface area contributed by atoms with Crippen molar-refractivity contribution in [2.75, 3.05) is 26.2 Å². The molecule has 3 saturated heterocycles. The van der Waals surface area contributed by atoms with Crippen LogP contribution in [-0.2, 0) is 13.6 Å². The van der Waals surface area contributed by atoms with Crippen LogP contribution in [0.3, 0.4) is 0 Å². The van der Waals surface area contributed by atoms with Crippen LogP contribution in [0.4, 0.5) is 4.79 Å². The summed E-state index contributed by atoms with van der Waals surface area (Å²) in [6.07, 6.45) is 6.79. The van der Waals surface area contributed by atoms with Gasteiger partial charge in [-0.25, -0.2) is 10.2 Å². The Hall–Kier alpha value is -2.94. The number of fused-ring (bicyclic) bond motifs is 2. The van der Waals surface area contributed by atoms with Crippen LogP contribution >= 0.6 is 0 Å². The minimum atomic E-state index is 0.0836. The number of rotatable bonds is 4. The molecule has 8 nitrogen and oxygen atoms in total. The van der Waals surface area contributed by atoms with E-state index in [0.717, 1.165) is 52.0 Å². The summed E-state index contributed by atoms with van der Waals surface area (Å²) in [6.45, 7) is 4.44. The maximum absolute atomic E-state index is 13.3. The molecule has 3 fully saturated rings. The van der Waals surface area contributed by atoms with E-state index in [4.69, 9.17) is 0 Å². The van der Waals surface area contributed by atoms with E-state index in [0.29, 0.717) is 12.0 Å². The van der Waals surface area contributed by atoms with Crippen molar-refractivity contribution in [3.63, 3.8) is 0 Å². The van der Waals surface area contributed by atoms with E-state index < -0.39 is 0 Å². The van der Waals surface area contributed by atoms with E-state index in [1.165, 1.54) is 22.2 Å². The zero-order valence-corrected chi connectivity index (χ0v) is 20.4. The molecule has 3 aliphatic heterocycles. The molecule has 1 aromatic carbocycles. The van der Waals surface area contributed by atoms with Crippen molar-refractivity contribution >= 4 is 16.9 Å². The molecule has 2 aromatic heterocycles. The van der Waals surface area contributed by atoms with Gasteiger partial charge in [0.25, 0.3) is 0 Å². The first-order valence-electron chi connectivity index (χ1n) is 12.9. The summed E-state index contributed by atoms with van der Waals surface area (Å²) in [5.74, 6) is 0.353. The number of carbonyl (C=O) groups is 1. The van der Waals surface area contributed by atoms with E-state index >= 15 is 0 Å². The summed E-state index contributed by atoms with van der Waals surface area (Å²) < 4.78 is 2.30. The van der Waals surface area contributed by atoms with Crippen molar-refractivity contribution < 1.29 is 4.79 Å². The normalized spacial score (nSPS) is 27.2. The molecular weight excluding hydrogens is 438 g/mol. The maximum atomic E-state index is 13.3. The van der Waals surface area contributed by atoms with Gasteiger partial charge in [0.15, 0.2) is 0 Å². The van der Waals surface area contributed by atoms with Crippen LogP contribution in [0, 0.1) is 5.92 Å². The molecule has 0 aliphatic carbocycles. The smallest absolute Gasteiger partial charge is 0.317 e. The van der Waals surface area contributed by atoms with Crippen LogP contribution < -0.4 is 16.2 Å². The molecule has 0 spiro atoms. The molecule has 184 valence electrons. The second-order valence-corrected chi connectivity index (χ2v) is 10.3. The number of benzene rings is 1. The van der Waals surface area contributed by atoms with Gasteiger partial charge < -0.3 is 14.8 Å². The number of aryl methyl sites for hydroxylation is 1. The Morgan fingerprint density at radius 2 is 1.94 bits per heavy atom. The molecule has 6 rings (SSSR count). The summed E-state index contributed by atoms with van der Waals surface area (Å²) in [5.41, 5.74) is 10.7. The molecule has 3 aromatic rings. The molecule has 0 bridgehead atoms.